The van der Waals surface area contributed by atoms with Gasteiger partial charge in [-0.15, -0.1) is 11.3 Å². The molecule has 1 fully saturated rings. The molecule has 0 saturated carbocycles. The lowest BCUT2D eigenvalue weighted by Gasteiger charge is -2.38. The van der Waals surface area contributed by atoms with Gasteiger partial charge in [0.05, 0.1) is 38.3 Å². The Bertz CT molecular complexity index is 979. The number of ether oxygens (including phenoxy) is 2. The van der Waals surface area contributed by atoms with Crippen molar-refractivity contribution in [3.8, 4) is 0 Å². The quantitative estimate of drug-likeness (QED) is 0.418. The average Bonchev–Trinajstić information content (AvgIpc) is 3.18. The molecule has 1 saturated heterocycles. The summed E-state index contributed by atoms with van der Waals surface area (Å²) in [5.74, 6) is -0.302. The molecule has 0 bridgehead atoms. The largest absolute Gasteiger partial charge is 0.455 e. The lowest BCUT2D eigenvalue weighted by Crippen LogP contribution is -2.55. The van der Waals surface area contributed by atoms with Crippen molar-refractivity contribution in [1.82, 2.24) is 4.90 Å². The average molecular weight is 410 g/mol. The first kappa shape index (κ1) is 19.6. The molecule has 6 heteroatoms. The number of carbonyl (C=O) groups is 2. The highest BCUT2D eigenvalue weighted by atomic mass is 32.1. The van der Waals surface area contributed by atoms with E-state index in [9.17, 15) is 9.59 Å². The minimum Gasteiger partial charge on any atom is -0.455 e. The molecule has 0 aliphatic carbocycles. The molecule has 1 amide bonds. The van der Waals surface area contributed by atoms with Gasteiger partial charge in [-0.2, -0.15) is 0 Å². The Kier molecular flexibility index (Phi) is 6.22. The molecule has 0 atom stereocenters. The molecule has 0 unspecified atom stereocenters. The molecule has 5 nitrogen and oxygen atoms in total. The fourth-order valence-corrected chi connectivity index (χ4v) is 4.06. The molecule has 2 aromatic carbocycles. The van der Waals surface area contributed by atoms with Crippen LogP contribution < -0.4 is 0 Å². The van der Waals surface area contributed by atoms with Crippen molar-refractivity contribution in [3.63, 3.8) is 0 Å². The molecule has 29 heavy (non-hydrogen) atoms. The van der Waals surface area contributed by atoms with Crippen molar-refractivity contribution in [2.75, 3.05) is 26.3 Å². The standard InChI is InChI=1S/C23H23NO4S/c25-22(24-15-20(16-24)28-23(26)18-4-2-1-3-5-18)9-12-27-11-8-17-6-7-21-19(14-17)10-13-29-21/h1-7,10,13-14,20H,8-9,11-12,15-16H2. The number of carbonyl (C=O) groups excluding carboxylic acids is 2. The maximum atomic E-state index is 12.2. The van der Waals surface area contributed by atoms with Crippen LogP contribution >= 0.6 is 11.3 Å². The summed E-state index contributed by atoms with van der Waals surface area (Å²) in [5.41, 5.74) is 1.77. The maximum absolute atomic E-state index is 12.2. The van der Waals surface area contributed by atoms with E-state index >= 15 is 0 Å². The Balaban J connectivity index is 1.10. The number of rotatable bonds is 8. The minimum absolute atomic E-state index is 0.0386. The molecule has 150 valence electrons. The smallest absolute Gasteiger partial charge is 0.338 e. The number of benzene rings is 2. The van der Waals surface area contributed by atoms with Gasteiger partial charge in [0, 0.05) is 4.70 Å². The van der Waals surface area contributed by atoms with E-state index in [2.05, 4.69) is 29.6 Å². The number of amides is 1. The molecule has 0 radical (unpaired) electrons. The van der Waals surface area contributed by atoms with Gasteiger partial charge in [0.25, 0.3) is 0 Å². The molecule has 4 rings (SSSR count). The fourth-order valence-electron chi connectivity index (χ4n) is 3.29. The van der Waals surface area contributed by atoms with Gasteiger partial charge in [-0.25, -0.2) is 4.79 Å². The van der Waals surface area contributed by atoms with E-state index in [1.807, 2.05) is 6.07 Å². The zero-order chi connectivity index (χ0) is 20.1. The number of nitrogens with zero attached hydrogens (tertiary/aromatic N) is 1. The molecule has 1 aliphatic heterocycles. The molecular formula is C23H23NO4S. The van der Waals surface area contributed by atoms with E-state index in [0.29, 0.717) is 38.3 Å². The normalized spacial score (nSPS) is 14.0. The van der Waals surface area contributed by atoms with Gasteiger partial charge in [-0.05, 0) is 47.0 Å². The third-order valence-corrected chi connectivity index (χ3v) is 5.89. The second kappa shape index (κ2) is 9.20. The van der Waals surface area contributed by atoms with Crippen LogP contribution in [-0.2, 0) is 20.7 Å². The highest BCUT2D eigenvalue weighted by Gasteiger charge is 2.33. The zero-order valence-corrected chi connectivity index (χ0v) is 16.9. The van der Waals surface area contributed by atoms with Crippen molar-refractivity contribution in [1.29, 1.82) is 0 Å². The first-order valence-corrected chi connectivity index (χ1v) is 10.6. The Hall–Kier alpha value is -2.70. The van der Waals surface area contributed by atoms with Crippen LogP contribution in [0.25, 0.3) is 10.1 Å². The van der Waals surface area contributed by atoms with Gasteiger partial charge < -0.3 is 14.4 Å². The van der Waals surface area contributed by atoms with Crippen LogP contribution in [0, 0.1) is 0 Å². The first-order valence-electron chi connectivity index (χ1n) is 9.77. The number of esters is 1. The van der Waals surface area contributed by atoms with Gasteiger partial charge in [0.1, 0.15) is 6.10 Å². The van der Waals surface area contributed by atoms with E-state index < -0.39 is 0 Å². The zero-order valence-electron chi connectivity index (χ0n) is 16.1. The predicted octanol–water partition coefficient (Wildman–Crippen LogP) is 3.92. The van der Waals surface area contributed by atoms with E-state index in [-0.39, 0.29) is 18.0 Å². The second-order valence-corrected chi connectivity index (χ2v) is 8.04. The number of thiophene rings is 1. The summed E-state index contributed by atoms with van der Waals surface area (Å²) in [6, 6.07) is 17.5. The Morgan fingerprint density at radius 1 is 1.03 bits per heavy atom. The summed E-state index contributed by atoms with van der Waals surface area (Å²) in [6.07, 6.45) is 0.962. The van der Waals surface area contributed by atoms with E-state index in [1.165, 1.54) is 15.6 Å². The molecular weight excluding hydrogens is 386 g/mol. The maximum Gasteiger partial charge on any atom is 0.338 e. The molecule has 1 aliphatic rings. The van der Waals surface area contributed by atoms with Crippen molar-refractivity contribution in [2.24, 2.45) is 0 Å². The molecule has 0 N–H and O–H groups in total. The Morgan fingerprint density at radius 3 is 2.69 bits per heavy atom. The van der Waals surface area contributed by atoms with E-state index in [0.717, 1.165) is 6.42 Å². The number of hydrogen-bond donors (Lipinski definition) is 0. The summed E-state index contributed by atoms with van der Waals surface area (Å²) in [5, 5.41) is 3.36. The van der Waals surface area contributed by atoms with Crippen molar-refractivity contribution < 1.29 is 19.1 Å². The van der Waals surface area contributed by atoms with Gasteiger partial charge in [-0.3, -0.25) is 4.79 Å². The first-order chi connectivity index (χ1) is 14.2. The highest BCUT2D eigenvalue weighted by Crippen LogP contribution is 2.22. The molecule has 0 spiro atoms. The number of hydrogen-bond acceptors (Lipinski definition) is 5. The monoisotopic (exact) mass is 409 g/mol. The van der Waals surface area contributed by atoms with Crippen molar-refractivity contribution in [3.05, 3.63) is 71.1 Å². The van der Waals surface area contributed by atoms with E-state index in [4.69, 9.17) is 9.47 Å². The second-order valence-electron chi connectivity index (χ2n) is 7.10. The summed E-state index contributed by atoms with van der Waals surface area (Å²) < 4.78 is 12.3. The van der Waals surface area contributed by atoms with Gasteiger partial charge in [0.15, 0.2) is 0 Å². The van der Waals surface area contributed by atoms with Crippen molar-refractivity contribution >= 4 is 33.3 Å². The van der Waals surface area contributed by atoms with Crippen LogP contribution in [0.5, 0.6) is 0 Å². The van der Waals surface area contributed by atoms with Crippen LogP contribution in [0.2, 0.25) is 0 Å². The lowest BCUT2D eigenvalue weighted by atomic mass is 10.1. The van der Waals surface area contributed by atoms with Crippen LogP contribution in [0.3, 0.4) is 0 Å². The van der Waals surface area contributed by atoms with E-state index in [1.54, 1.807) is 40.5 Å². The van der Waals surface area contributed by atoms with Crippen LogP contribution in [0.4, 0.5) is 0 Å². The van der Waals surface area contributed by atoms with Gasteiger partial charge in [0.2, 0.25) is 5.91 Å². The van der Waals surface area contributed by atoms with Crippen LogP contribution in [0.15, 0.2) is 60.0 Å². The summed E-state index contributed by atoms with van der Waals surface area (Å²) in [7, 11) is 0. The molecule has 1 aromatic heterocycles. The van der Waals surface area contributed by atoms with Gasteiger partial charge in [-0.1, -0.05) is 30.3 Å². The topological polar surface area (TPSA) is 55.8 Å². The predicted molar refractivity (Wildman–Crippen MR) is 113 cm³/mol. The summed E-state index contributed by atoms with van der Waals surface area (Å²) in [6.45, 7) is 1.92. The number of fused-ring (bicyclic) bond motifs is 1. The van der Waals surface area contributed by atoms with Crippen LogP contribution in [-0.4, -0.2) is 49.2 Å². The summed E-state index contributed by atoms with van der Waals surface area (Å²) >= 11 is 1.74. The van der Waals surface area contributed by atoms with Crippen LogP contribution in [0.1, 0.15) is 22.3 Å². The number of likely N-dealkylation sites (tertiary alicyclic amines) is 1. The summed E-state index contributed by atoms with van der Waals surface area (Å²) in [4.78, 5) is 25.9. The lowest BCUT2D eigenvalue weighted by molar-refractivity contribution is -0.142. The molecule has 2 heterocycles. The molecule has 3 aromatic rings. The fraction of sp³-hybridized carbons (Fsp3) is 0.304. The Morgan fingerprint density at radius 2 is 1.86 bits per heavy atom. The third kappa shape index (κ3) is 5.02. The highest BCUT2D eigenvalue weighted by molar-refractivity contribution is 7.17. The minimum atomic E-state index is -0.341. The third-order valence-electron chi connectivity index (χ3n) is 5.00. The SMILES string of the molecule is O=C(OC1CN(C(=O)CCOCCc2ccc3sccc3c2)C1)c1ccccc1. The Labute approximate surface area is 173 Å². The van der Waals surface area contributed by atoms with Crippen molar-refractivity contribution in [2.45, 2.75) is 18.9 Å². The van der Waals surface area contributed by atoms with Gasteiger partial charge >= 0.3 is 5.97 Å².